The molecule has 5 nitrogen and oxygen atoms in total. The van der Waals surface area contributed by atoms with Gasteiger partial charge in [-0.3, -0.25) is 4.79 Å². The lowest BCUT2D eigenvalue weighted by molar-refractivity contribution is -0.153. The molecule has 0 heterocycles. The second-order valence-electron chi connectivity index (χ2n) is 6.83. The van der Waals surface area contributed by atoms with Crippen LogP contribution >= 0.6 is 0 Å². The fourth-order valence-electron chi connectivity index (χ4n) is 3.11. The summed E-state index contributed by atoms with van der Waals surface area (Å²) in [7, 11) is -3.58. The smallest absolute Gasteiger partial charge is 0.422 e. The van der Waals surface area contributed by atoms with Crippen LogP contribution in [-0.4, -0.2) is 32.9 Å². The third kappa shape index (κ3) is 5.96. The number of hydrogen-bond acceptors (Lipinski definition) is 4. The van der Waals surface area contributed by atoms with Crippen molar-refractivity contribution in [1.82, 2.24) is 0 Å². The number of alkyl halides is 3. The van der Waals surface area contributed by atoms with Crippen LogP contribution in [0.2, 0.25) is 0 Å². The van der Waals surface area contributed by atoms with Gasteiger partial charge < -0.3 is 10.1 Å². The maximum atomic E-state index is 12.5. The van der Waals surface area contributed by atoms with Crippen molar-refractivity contribution in [3.63, 3.8) is 0 Å². The molecular weight excluding hydrogens is 407 g/mol. The van der Waals surface area contributed by atoms with E-state index < -0.39 is 28.5 Å². The molecular formula is C20H20F3NO4S. The quantitative estimate of drug-likeness (QED) is 0.727. The van der Waals surface area contributed by atoms with Crippen LogP contribution in [0.25, 0.3) is 0 Å². The first-order chi connectivity index (χ1) is 13.6. The predicted molar refractivity (Wildman–Crippen MR) is 102 cm³/mol. The molecule has 156 valence electrons. The van der Waals surface area contributed by atoms with Crippen molar-refractivity contribution >= 4 is 21.4 Å². The van der Waals surface area contributed by atoms with Gasteiger partial charge in [-0.25, -0.2) is 8.42 Å². The molecule has 1 aliphatic carbocycles. The number of amides is 1. The van der Waals surface area contributed by atoms with Gasteiger partial charge in [-0.1, -0.05) is 6.07 Å². The zero-order chi connectivity index (χ0) is 21.1. The summed E-state index contributed by atoms with van der Waals surface area (Å²) in [5.74, 6) is -0.817. The fourth-order valence-corrected chi connectivity index (χ4v) is 4.40. The molecule has 0 unspecified atom stereocenters. The SMILES string of the molecule is O=C(CCS(=O)(=O)c1ccc2c(c1)CCC2)Nc1ccc(OCC(F)(F)F)cc1. The van der Waals surface area contributed by atoms with Crippen molar-refractivity contribution in [3.8, 4) is 5.75 Å². The minimum Gasteiger partial charge on any atom is -0.484 e. The normalized spacial score (nSPS) is 13.8. The van der Waals surface area contributed by atoms with E-state index in [1.54, 1.807) is 12.1 Å². The number of sulfone groups is 1. The topological polar surface area (TPSA) is 72.5 Å². The molecule has 0 saturated carbocycles. The van der Waals surface area contributed by atoms with Gasteiger partial charge in [-0.2, -0.15) is 13.2 Å². The molecule has 1 aliphatic rings. The summed E-state index contributed by atoms with van der Waals surface area (Å²) < 4.78 is 66.0. The van der Waals surface area contributed by atoms with Gasteiger partial charge in [0.2, 0.25) is 5.91 Å². The highest BCUT2D eigenvalue weighted by atomic mass is 32.2. The molecule has 0 bridgehead atoms. The molecule has 0 radical (unpaired) electrons. The van der Waals surface area contributed by atoms with Gasteiger partial charge in [-0.05, 0) is 66.8 Å². The highest BCUT2D eigenvalue weighted by Crippen LogP contribution is 2.25. The second kappa shape index (κ2) is 8.44. The van der Waals surface area contributed by atoms with Crippen LogP contribution in [0.5, 0.6) is 5.75 Å². The van der Waals surface area contributed by atoms with Crippen LogP contribution in [0.3, 0.4) is 0 Å². The molecule has 0 atom stereocenters. The second-order valence-corrected chi connectivity index (χ2v) is 8.94. The number of carbonyl (C=O) groups is 1. The minimum atomic E-state index is -4.43. The van der Waals surface area contributed by atoms with E-state index in [0.717, 1.165) is 24.8 Å². The van der Waals surface area contributed by atoms with E-state index in [0.29, 0.717) is 5.69 Å². The van der Waals surface area contributed by atoms with Crippen molar-refractivity contribution in [2.75, 3.05) is 17.7 Å². The van der Waals surface area contributed by atoms with E-state index in [1.807, 2.05) is 6.07 Å². The number of hydrogen-bond donors (Lipinski definition) is 1. The van der Waals surface area contributed by atoms with Gasteiger partial charge in [-0.15, -0.1) is 0 Å². The molecule has 29 heavy (non-hydrogen) atoms. The number of rotatable bonds is 7. The molecule has 0 aliphatic heterocycles. The van der Waals surface area contributed by atoms with Gasteiger partial charge in [0.25, 0.3) is 0 Å². The highest BCUT2D eigenvalue weighted by Gasteiger charge is 2.28. The molecule has 0 fully saturated rings. The van der Waals surface area contributed by atoms with E-state index in [1.165, 1.54) is 29.8 Å². The first kappa shape index (κ1) is 21.2. The van der Waals surface area contributed by atoms with Crippen molar-refractivity contribution in [2.24, 2.45) is 0 Å². The van der Waals surface area contributed by atoms with E-state index >= 15 is 0 Å². The number of carbonyl (C=O) groups excluding carboxylic acids is 1. The lowest BCUT2D eigenvalue weighted by atomic mass is 10.1. The average Bonchev–Trinajstić information content (AvgIpc) is 3.13. The number of nitrogens with one attached hydrogen (secondary N) is 1. The average molecular weight is 427 g/mol. The van der Waals surface area contributed by atoms with E-state index in [9.17, 15) is 26.4 Å². The van der Waals surface area contributed by atoms with Crippen molar-refractivity contribution < 1.29 is 31.1 Å². The monoisotopic (exact) mass is 427 g/mol. The molecule has 2 aromatic rings. The Morgan fingerprint density at radius 1 is 1.03 bits per heavy atom. The standard InChI is InChI=1S/C20H20F3NO4S/c21-20(22,23)13-28-17-7-5-16(6-8-17)24-19(25)10-11-29(26,27)18-9-4-14-2-1-3-15(14)12-18/h4-9,12H,1-3,10-11,13H2,(H,24,25). The molecule has 1 amide bonds. The van der Waals surface area contributed by atoms with Gasteiger partial charge in [0, 0.05) is 12.1 Å². The maximum Gasteiger partial charge on any atom is 0.422 e. The molecule has 9 heteroatoms. The largest absolute Gasteiger partial charge is 0.484 e. The number of aryl methyl sites for hydroxylation is 2. The number of halogens is 3. The van der Waals surface area contributed by atoms with E-state index in [2.05, 4.69) is 10.1 Å². The number of anilines is 1. The zero-order valence-electron chi connectivity index (χ0n) is 15.5. The van der Waals surface area contributed by atoms with Crippen LogP contribution in [-0.2, 0) is 27.5 Å². The van der Waals surface area contributed by atoms with Crippen molar-refractivity contribution in [1.29, 1.82) is 0 Å². The van der Waals surface area contributed by atoms with Crippen LogP contribution in [0.4, 0.5) is 18.9 Å². The summed E-state index contributed by atoms with van der Waals surface area (Å²) in [4.78, 5) is 12.3. The summed E-state index contributed by atoms with van der Waals surface area (Å²) in [5, 5.41) is 2.53. The molecule has 0 saturated heterocycles. The third-order valence-electron chi connectivity index (χ3n) is 4.57. The minimum absolute atomic E-state index is 0.0134. The van der Waals surface area contributed by atoms with Crippen molar-refractivity contribution in [2.45, 2.75) is 36.8 Å². The first-order valence-corrected chi connectivity index (χ1v) is 10.7. The maximum absolute atomic E-state index is 12.5. The molecule has 2 aromatic carbocycles. The van der Waals surface area contributed by atoms with Gasteiger partial charge in [0.05, 0.1) is 10.6 Å². The summed E-state index contributed by atoms with van der Waals surface area (Å²) >= 11 is 0. The van der Waals surface area contributed by atoms with Crippen LogP contribution in [0.1, 0.15) is 24.0 Å². The predicted octanol–water partition coefficient (Wildman–Crippen LogP) is 3.92. The zero-order valence-corrected chi connectivity index (χ0v) is 16.3. The van der Waals surface area contributed by atoms with Gasteiger partial charge >= 0.3 is 6.18 Å². The Hall–Kier alpha value is -2.55. The molecule has 1 N–H and O–H groups in total. The lowest BCUT2D eigenvalue weighted by Crippen LogP contribution is -2.19. The summed E-state index contributed by atoms with van der Waals surface area (Å²) in [6, 6.07) is 10.5. The highest BCUT2D eigenvalue weighted by molar-refractivity contribution is 7.91. The first-order valence-electron chi connectivity index (χ1n) is 9.06. The fraction of sp³-hybridized carbons (Fsp3) is 0.350. The summed E-state index contributed by atoms with van der Waals surface area (Å²) in [5.41, 5.74) is 2.55. The van der Waals surface area contributed by atoms with E-state index in [-0.39, 0.29) is 22.8 Å². The number of ether oxygens (including phenoxy) is 1. The number of benzene rings is 2. The molecule has 3 rings (SSSR count). The van der Waals surface area contributed by atoms with Gasteiger partial charge in [0.1, 0.15) is 5.75 Å². The third-order valence-corrected chi connectivity index (χ3v) is 6.28. The van der Waals surface area contributed by atoms with Crippen LogP contribution in [0, 0.1) is 0 Å². The Morgan fingerprint density at radius 3 is 2.41 bits per heavy atom. The Kier molecular flexibility index (Phi) is 6.16. The Bertz CT molecular complexity index is 986. The van der Waals surface area contributed by atoms with Gasteiger partial charge in [0.15, 0.2) is 16.4 Å². The van der Waals surface area contributed by atoms with E-state index in [4.69, 9.17) is 0 Å². The summed E-state index contributed by atoms with van der Waals surface area (Å²) in [6.45, 7) is -1.40. The molecule has 0 aromatic heterocycles. The Labute approximate surface area is 166 Å². The van der Waals surface area contributed by atoms with Crippen LogP contribution in [0.15, 0.2) is 47.4 Å². The summed E-state index contributed by atoms with van der Waals surface area (Å²) in [6.07, 6.45) is -1.83. The Balaban J connectivity index is 1.53. The van der Waals surface area contributed by atoms with Crippen molar-refractivity contribution in [3.05, 3.63) is 53.6 Å². The lowest BCUT2D eigenvalue weighted by Gasteiger charge is -2.10. The Morgan fingerprint density at radius 2 is 1.72 bits per heavy atom. The van der Waals surface area contributed by atoms with Crippen LogP contribution < -0.4 is 10.1 Å². The number of fused-ring (bicyclic) bond motifs is 1. The molecule has 0 spiro atoms.